The Bertz CT molecular complexity index is 923. The first kappa shape index (κ1) is 20.6. The molecule has 0 bridgehead atoms. The van der Waals surface area contributed by atoms with E-state index in [1.54, 1.807) is 6.07 Å². The molecule has 152 valence electrons. The van der Waals surface area contributed by atoms with Crippen LogP contribution in [0.3, 0.4) is 0 Å². The van der Waals surface area contributed by atoms with E-state index in [0.717, 1.165) is 5.56 Å². The van der Waals surface area contributed by atoms with Gasteiger partial charge >= 0.3 is 12.1 Å². The number of aliphatic carboxylic acids is 1. The van der Waals surface area contributed by atoms with Crippen molar-refractivity contribution in [2.45, 2.75) is 12.6 Å². The Morgan fingerprint density at radius 2 is 1.93 bits per heavy atom. The summed E-state index contributed by atoms with van der Waals surface area (Å²) in [5.74, 6) is -1.18. The van der Waals surface area contributed by atoms with Gasteiger partial charge in [0.1, 0.15) is 18.3 Å². The quantitative estimate of drug-likeness (QED) is 0.534. The van der Waals surface area contributed by atoms with Crippen LogP contribution in [0.5, 0.6) is 0 Å². The summed E-state index contributed by atoms with van der Waals surface area (Å²) in [6, 6.07) is 12.5. The largest absolute Gasteiger partial charge is 0.480 e. The van der Waals surface area contributed by atoms with Crippen molar-refractivity contribution in [3.63, 3.8) is 0 Å². The van der Waals surface area contributed by atoms with E-state index in [2.05, 4.69) is 15.9 Å². The van der Waals surface area contributed by atoms with Crippen LogP contribution >= 0.6 is 15.9 Å². The van der Waals surface area contributed by atoms with Crippen molar-refractivity contribution in [2.75, 3.05) is 24.5 Å². The molecule has 2 aromatic carbocycles. The Hall–Kier alpha value is -3.14. The molecule has 1 fully saturated rings. The molecular weight excluding hydrogens is 446 g/mol. The third-order valence-electron chi connectivity index (χ3n) is 4.57. The molecule has 1 atom stereocenters. The Morgan fingerprint density at radius 1 is 1.21 bits per heavy atom. The molecule has 0 aromatic heterocycles. The van der Waals surface area contributed by atoms with Crippen molar-refractivity contribution in [3.05, 3.63) is 68.7 Å². The SMILES string of the molecule is O=C(O)C1CN(C(=O)OCc2ccccc2)CCN1c1ccc(Br)cc1[N+](=O)[O-]. The van der Waals surface area contributed by atoms with Crippen LogP contribution in [0, 0.1) is 10.1 Å². The molecule has 3 rings (SSSR count). The Morgan fingerprint density at radius 3 is 2.59 bits per heavy atom. The van der Waals surface area contributed by atoms with Crippen molar-refractivity contribution < 1.29 is 24.4 Å². The summed E-state index contributed by atoms with van der Waals surface area (Å²) >= 11 is 3.19. The molecule has 1 unspecified atom stereocenters. The first-order chi connectivity index (χ1) is 13.9. The van der Waals surface area contributed by atoms with Crippen LogP contribution < -0.4 is 4.90 Å². The molecule has 9 nitrogen and oxygen atoms in total. The monoisotopic (exact) mass is 463 g/mol. The van der Waals surface area contributed by atoms with Crippen LogP contribution in [0.1, 0.15) is 5.56 Å². The zero-order chi connectivity index (χ0) is 21.0. The number of ether oxygens (including phenoxy) is 1. The number of halogens is 1. The van der Waals surface area contributed by atoms with Crippen molar-refractivity contribution >= 4 is 39.4 Å². The maximum absolute atomic E-state index is 12.4. The Balaban J connectivity index is 1.74. The van der Waals surface area contributed by atoms with E-state index in [0.29, 0.717) is 4.47 Å². The zero-order valence-corrected chi connectivity index (χ0v) is 16.8. The Labute approximate surface area is 174 Å². The molecular formula is C19H18BrN3O6. The summed E-state index contributed by atoms with van der Waals surface area (Å²) in [5.41, 5.74) is 0.813. The first-order valence-corrected chi connectivity index (χ1v) is 9.55. The summed E-state index contributed by atoms with van der Waals surface area (Å²) < 4.78 is 5.79. The second-order valence-corrected chi connectivity index (χ2v) is 7.34. The van der Waals surface area contributed by atoms with Crippen molar-refractivity contribution in [1.29, 1.82) is 0 Å². The number of amides is 1. The van der Waals surface area contributed by atoms with Gasteiger partial charge in [-0.25, -0.2) is 9.59 Å². The number of nitro benzene ring substituents is 1. The number of carboxylic acids is 1. The third kappa shape index (κ3) is 4.83. The van der Waals surface area contributed by atoms with Crippen LogP contribution in [0.25, 0.3) is 0 Å². The molecule has 29 heavy (non-hydrogen) atoms. The van der Waals surface area contributed by atoms with E-state index in [1.165, 1.54) is 21.9 Å². The van der Waals surface area contributed by atoms with E-state index in [4.69, 9.17) is 4.74 Å². The van der Waals surface area contributed by atoms with Gasteiger partial charge in [0, 0.05) is 23.6 Å². The number of nitro groups is 1. The van der Waals surface area contributed by atoms with E-state index in [9.17, 15) is 24.8 Å². The maximum Gasteiger partial charge on any atom is 0.410 e. The number of carbonyl (C=O) groups excluding carboxylic acids is 1. The average molecular weight is 464 g/mol. The summed E-state index contributed by atoms with van der Waals surface area (Å²) in [4.78, 5) is 37.8. The van der Waals surface area contributed by atoms with Crippen LogP contribution in [-0.2, 0) is 16.1 Å². The first-order valence-electron chi connectivity index (χ1n) is 8.76. The minimum Gasteiger partial charge on any atom is -0.480 e. The van der Waals surface area contributed by atoms with Crippen LogP contribution in [0.2, 0.25) is 0 Å². The average Bonchev–Trinajstić information content (AvgIpc) is 2.72. The standard InChI is InChI=1S/C19H18BrN3O6/c20-14-6-7-15(16(10-14)23(27)28)22-9-8-21(11-17(22)18(24)25)19(26)29-12-13-4-2-1-3-5-13/h1-7,10,17H,8-9,11-12H2,(H,24,25). The molecule has 1 aliphatic heterocycles. The molecule has 2 aromatic rings. The number of hydrogen-bond acceptors (Lipinski definition) is 6. The summed E-state index contributed by atoms with van der Waals surface area (Å²) in [6.45, 7) is 0.247. The van der Waals surface area contributed by atoms with E-state index in [1.807, 2.05) is 30.3 Å². The summed E-state index contributed by atoms with van der Waals surface area (Å²) in [6.07, 6.45) is -0.620. The number of piperazine rings is 1. The van der Waals surface area contributed by atoms with Crippen LogP contribution in [-0.4, -0.2) is 52.7 Å². The zero-order valence-electron chi connectivity index (χ0n) is 15.2. The van der Waals surface area contributed by atoms with Gasteiger partial charge in [0.05, 0.1) is 11.5 Å². The van der Waals surface area contributed by atoms with E-state index in [-0.39, 0.29) is 37.6 Å². The molecule has 0 spiro atoms. The number of hydrogen-bond donors (Lipinski definition) is 1. The van der Waals surface area contributed by atoms with Crippen molar-refractivity contribution in [1.82, 2.24) is 4.90 Å². The number of carboxylic acid groups (broad SMARTS) is 1. The number of nitrogens with zero attached hydrogens (tertiary/aromatic N) is 3. The highest BCUT2D eigenvalue weighted by atomic mass is 79.9. The molecule has 0 saturated carbocycles. The maximum atomic E-state index is 12.4. The van der Waals surface area contributed by atoms with Crippen molar-refractivity contribution in [3.8, 4) is 0 Å². The lowest BCUT2D eigenvalue weighted by Crippen LogP contribution is -2.58. The highest BCUT2D eigenvalue weighted by Crippen LogP contribution is 2.33. The molecule has 1 heterocycles. The normalized spacial score (nSPS) is 16.4. The van der Waals surface area contributed by atoms with Gasteiger partial charge in [-0.05, 0) is 17.7 Å². The lowest BCUT2D eigenvalue weighted by Gasteiger charge is -2.39. The third-order valence-corrected chi connectivity index (χ3v) is 5.07. The predicted octanol–water partition coefficient (Wildman–Crippen LogP) is 3.27. The second kappa shape index (κ2) is 8.91. The molecule has 1 aliphatic rings. The molecule has 1 amide bonds. The number of carbonyl (C=O) groups is 2. The molecule has 0 aliphatic carbocycles. The van der Waals surface area contributed by atoms with Gasteiger partial charge in [-0.1, -0.05) is 46.3 Å². The van der Waals surface area contributed by atoms with Crippen molar-refractivity contribution in [2.24, 2.45) is 0 Å². The van der Waals surface area contributed by atoms with Gasteiger partial charge < -0.3 is 19.6 Å². The van der Waals surface area contributed by atoms with Crippen LogP contribution in [0.4, 0.5) is 16.2 Å². The van der Waals surface area contributed by atoms with E-state index < -0.39 is 23.0 Å². The minimum absolute atomic E-state index is 0.0792. The molecule has 10 heteroatoms. The second-order valence-electron chi connectivity index (χ2n) is 6.42. The fourth-order valence-corrected chi connectivity index (χ4v) is 3.49. The topological polar surface area (TPSA) is 113 Å². The fraction of sp³-hybridized carbons (Fsp3) is 0.263. The van der Waals surface area contributed by atoms with Crippen LogP contribution in [0.15, 0.2) is 53.0 Å². The van der Waals surface area contributed by atoms with Gasteiger partial charge in [-0.3, -0.25) is 10.1 Å². The number of rotatable bonds is 5. The molecule has 1 saturated heterocycles. The van der Waals surface area contributed by atoms with Gasteiger partial charge in [0.2, 0.25) is 0 Å². The highest BCUT2D eigenvalue weighted by Gasteiger charge is 2.37. The number of anilines is 1. The van der Waals surface area contributed by atoms with Gasteiger partial charge in [0.15, 0.2) is 0 Å². The summed E-state index contributed by atoms with van der Waals surface area (Å²) in [5, 5.41) is 21.1. The van der Waals surface area contributed by atoms with Gasteiger partial charge in [0.25, 0.3) is 5.69 Å². The lowest BCUT2D eigenvalue weighted by atomic mass is 10.1. The number of benzene rings is 2. The fourth-order valence-electron chi connectivity index (χ4n) is 3.14. The van der Waals surface area contributed by atoms with Gasteiger partial charge in [-0.15, -0.1) is 0 Å². The summed E-state index contributed by atoms with van der Waals surface area (Å²) in [7, 11) is 0. The smallest absolute Gasteiger partial charge is 0.410 e. The predicted molar refractivity (Wildman–Crippen MR) is 108 cm³/mol. The van der Waals surface area contributed by atoms with E-state index >= 15 is 0 Å². The minimum atomic E-state index is -1.18. The highest BCUT2D eigenvalue weighted by molar-refractivity contribution is 9.10. The molecule has 1 N–H and O–H groups in total. The lowest BCUT2D eigenvalue weighted by molar-refractivity contribution is -0.384. The Kier molecular flexibility index (Phi) is 6.32. The molecule has 0 radical (unpaired) electrons. The van der Waals surface area contributed by atoms with Gasteiger partial charge in [-0.2, -0.15) is 0 Å².